The summed E-state index contributed by atoms with van der Waals surface area (Å²) in [7, 11) is 0. The van der Waals surface area contributed by atoms with Crippen molar-refractivity contribution in [2.45, 2.75) is 19.4 Å². The van der Waals surface area contributed by atoms with Gasteiger partial charge in [0.1, 0.15) is 5.69 Å². The van der Waals surface area contributed by atoms with Crippen LogP contribution in [0.4, 0.5) is 0 Å². The average molecular weight is 381 g/mol. The summed E-state index contributed by atoms with van der Waals surface area (Å²) in [6.45, 7) is 3.30. The lowest BCUT2D eigenvalue weighted by atomic mass is 9.96. The molecule has 0 saturated carbocycles. The van der Waals surface area contributed by atoms with Gasteiger partial charge in [-0.1, -0.05) is 12.1 Å². The summed E-state index contributed by atoms with van der Waals surface area (Å²) < 4.78 is 0. The van der Waals surface area contributed by atoms with Gasteiger partial charge in [0.25, 0.3) is 12.4 Å². The highest BCUT2D eigenvalue weighted by atomic mass is 16.3. The number of nitriles is 1. The molecule has 2 aromatic rings. The van der Waals surface area contributed by atoms with Crippen molar-refractivity contribution in [1.82, 2.24) is 20.2 Å². The van der Waals surface area contributed by atoms with Crippen molar-refractivity contribution in [2.24, 2.45) is 5.92 Å². The minimum Gasteiger partial charge on any atom is -0.483 e. The number of aromatic nitrogens is 2. The van der Waals surface area contributed by atoms with E-state index < -0.39 is 0 Å². The van der Waals surface area contributed by atoms with Crippen LogP contribution in [0.1, 0.15) is 34.5 Å². The molecular formula is C20H23N5O3. The average Bonchev–Trinajstić information content (AvgIpc) is 2.74. The molecule has 28 heavy (non-hydrogen) atoms. The van der Waals surface area contributed by atoms with Gasteiger partial charge in [0.15, 0.2) is 0 Å². The van der Waals surface area contributed by atoms with E-state index in [1.807, 2.05) is 18.2 Å². The molecule has 0 aliphatic carbocycles. The van der Waals surface area contributed by atoms with E-state index in [2.05, 4.69) is 32.3 Å². The van der Waals surface area contributed by atoms with Crippen molar-refractivity contribution in [1.29, 1.82) is 5.26 Å². The lowest BCUT2D eigenvalue weighted by molar-refractivity contribution is -0.122. The SMILES string of the molecule is N#Cc1cccc(CN2CCC(CNC(=O)c3cnccn3)CC2)c1.O=CO. The van der Waals surface area contributed by atoms with Gasteiger partial charge in [-0.15, -0.1) is 0 Å². The molecule has 1 fully saturated rings. The van der Waals surface area contributed by atoms with Crippen molar-refractivity contribution in [3.05, 3.63) is 59.7 Å². The molecule has 1 saturated heterocycles. The van der Waals surface area contributed by atoms with Crippen LogP contribution < -0.4 is 5.32 Å². The zero-order chi connectivity index (χ0) is 20.2. The number of likely N-dealkylation sites (tertiary alicyclic amines) is 1. The van der Waals surface area contributed by atoms with Gasteiger partial charge in [0.05, 0.1) is 17.8 Å². The van der Waals surface area contributed by atoms with Crippen LogP contribution in [0.3, 0.4) is 0 Å². The summed E-state index contributed by atoms with van der Waals surface area (Å²) in [4.78, 5) is 30.7. The summed E-state index contributed by atoms with van der Waals surface area (Å²) in [6.07, 6.45) is 6.66. The van der Waals surface area contributed by atoms with Crippen LogP contribution in [0.15, 0.2) is 42.9 Å². The predicted molar refractivity (Wildman–Crippen MR) is 102 cm³/mol. The van der Waals surface area contributed by atoms with Crippen LogP contribution >= 0.6 is 0 Å². The van der Waals surface area contributed by atoms with E-state index in [1.54, 1.807) is 6.20 Å². The minimum atomic E-state index is -0.250. The maximum atomic E-state index is 12.0. The van der Waals surface area contributed by atoms with E-state index in [1.165, 1.54) is 18.0 Å². The lowest BCUT2D eigenvalue weighted by Gasteiger charge is -2.32. The number of carbonyl (C=O) groups excluding carboxylic acids is 1. The van der Waals surface area contributed by atoms with Crippen molar-refractivity contribution in [3.63, 3.8) is 0 Å². The van der Waals surface area contributed by atoms with Crippen LogP contribution in [-0.4, -0.2) is 52.0 Å². The molecule has 1 aromatic heterocycles. The molecule has 3 rings (SSSR count). The first-order chi connectivity index (χ1) is 13.7. The number of carbonyl (C=O) groups is 2. The molecule has 2 heterocycles. The van der Waals surface area contributed by atoms with Crippen molar-refractivity contribution in [3.8, 4) is 6.07 Å². The largest absolute Gasteiger partial charge is 0.483 e. The van der Waals surface area contributed by atoms with E-state index in [0.717, 1.165) is 32.5 Å². The molecule has 1 aromatic carbocycles. The fourth-order valence-corrected chi connectivity index (χ4v) is 3.09. The predicted octanol–water partition coefficient (Wildman–Crippen LogP) is 1.69. The standard InChI is InChI=1S/C19H21N5O.CH2O2/c20-11-16-2-1-3-17(10-16)14-24-8-4-15(5-9-24)12-23-19(25)18-13-21-6-7-22-18;2-1-3/h1-3,6-7,10,13,15H,4-5,8-9,12,14H2,(H,23,25);1H,(H,2,3). The Bertz CT molecular complexity index is 799. The van der Waals surface area contributed by atoms with E-state index in [9.17, 15) is 4.79 Å². The fourth-order valence-electron chi connectivity index (χ4n) is 3.09. The highest BCUT2D eigenvalue weighted by molar-refractivity contribution is 5.91. The third kappa shape index (κ3) is 6.78. The van der Waals surface area contributed by atoms with Crippen LogP contribution in [0.2, 0.25) is 0 Å². The maximum Gasteiger partial charge on any atom is 0.290 e. The number of piperidine rings is 1. The van der Waals surface area contributed by atoms with Crippen LogP contribution in [0.25, 0.3) is 0 Å². The van der Waals surface area contributed by atoms with Gasteiger partial charge >= 0.3 is 0 Å². The number of benzene rings is 1. The Hall–Kier alpha value is -3.31. The number of amides is 1. The fraction of sp³-hybridized carbons (Fsp3) is 0.350. The zero-order valence-electron chi connectivity index (χ0n) is 15.5. The molecule has 2 N–H and O–H groups in total. The lowest BCUT2D eigenvalue weighted by Crippen LogP contribution is -2.38. The van der Waals surface area contributed by atoms with Gasteiger partial charge in [-0.05, 0) is 49.5 Å². The molecule has 0 bridgehead atoms. The van der Waals surface area contributed by atoms with E-state index in [0.29, 0.717) is 23.7 Å². The van der Waals surface area contributed by atoms with Gasteiger partial charge in [-0.2, -0.15) is 5.26 Å². The first-order valence-electron chi connectivity index (χ1n) is 8.99. The number of nitrogens with one attached hydrogen (secondary N) is 1. The number of rotatable bonds is 5. The second kappa shape index (κ2) is 11.4. The zero-order valence-corrected chi connectivity index (χ0v) is 15.5. The van der Waals surface area contributed by atoms with E-state index >= 15 is 0 Å². The molecule has 1 amide bonds. The van der Waals surface area contributed by atoms with E-state index in [4.69, 9.17) is 15.2 Å². The maximum absolute atomic E-state index is 12.0. The van der Waals surface area contributed by atoms with Crippen LogP contribution in [-0.2, 0) is 11.3 Å². The number of carboxylic acid groups (broad SMARTS) is 1. The topological polar surface area (TPSA) is 119 Å². The molecule has 8 nitrogen and oxygen atoms in total. The van der Waals surface area contributed by atoms with Gasteiger partial charge in [0.2, 0.25) is 0 Å². The summed E-state index contributed by atoms with van der Waals surface area (Å²) in [5.74, 6) is 0.325. The Morgan fingerprint density at radius 1 is 1.36 bits per heavy atom. The second-order valence-corrected chi connectivity index (χ2v) is 6.44. The summed E-state index contributed by atoms with van der Waals surface area (Å²) in [6, 6.07) is 9.96. The van der Waals surface area contributed by atoms with Crippen LogP contribution in [0, 0.1) is 17.2 Å². The first-order valence-corrected chi connectivity index (χ1v) is 8.99. The monoisotopic (exact) mass is 381 g/mol. The Labute approximate surface area is 163 Å². The van der Waals surface area contributed by atoms with Gasteiger partial charge in [0, 0.05) is 25.5 Å². The quantitative estimate of drug-likeness (QED) is 0.756. The highest BCUT2D eigenvalue weighted by Crippen LogP contribution is 2.19. The van der Waals surface area contributed by atoms with Crippen molar-refractivity contribution < 1.29 is 14.7 Å². The third-order valence-corrected chi connectivity index (χ3v) is 4.52. The molecular weight excluding hydrogens is 358 g/mol. The molecule has 1 aliphatic heterocycles. The second-order valence-electron chi connectivity index (χ2n) is 6.44. The molecule has 1 aliphatic rings. The van der Waals surface area contributed by atoms with Gasteiger partial charge in [-0.3, -0.25) is 19.5 Å². The molecule has 8 heteroatoms. The molecule has 0 spiro atoms. The molecule has 146 valence electrons. The minimum absolute atomic E-state index is 0.163. The first kappa shape index (κ1) is 21.0. The van der Waals surface area contributed by atoms with Crippen molar-refractivity contribution >= 4 is 12.4 Å². The van der Waals surface area contributed by atoms with E-state index in [-0.39, 0.29) is 12.4 Å². The summed E-state index contributed by atoms with van der Waals surface area (Å²) in [5, 5.41) is 18.8. The Morgan fingerprint density at radius 2 is 2.11 bits per heavy atom. The summed E-state index contributed by atoms with van der Waals surface area (Å²) >= 11 is 0. The molecule has 0 unspecified atom stereocenters. The molecule has 0 atom stereocenters. The molecule has 0 radical (unpaired) electrons. The van der Waals surface area contributed by atoms with Crippen molar-refractivity contribution in [2.75, 3.05) is 19.6 Å². The Morgan fingerprint density at radius 3 is 2.75 bits per heavy atom. The van der Waals surface area contributed by atoms with Gasteiger partial charge in [-0.25, -0.2) is 4.98 Å². The highest BCUT2D eigenvalue weighted by Gasteiger charge is 2.20. The smallest absolute Gasteiger partial charge is 0.290 e. The van der Waals surface area contributed by atoms with Gasteiger partial charge < -0.3 is 10.4 Å². The summed E-state index contributed by atoms with van der Waals surface area (Å²) in [5.41, 5.74) is 2.24. The Kier molecular flexibility index (Phi) is 8.56. The normalized spacial score (nSPS) is 14.2. The Balaban J connectivity index is 0.000000878. The van der Waals surface area contributed by atoms with Crippen LogP contribution in [0.5, 0.6) is 0 Å². The number of hydrogen-bond acceptors (Lipinski definition) is 6. The third-order valence-electron chi connectivity index (χ3n) is 4.52. The number of hydrogen-bond donors (Lipinski definition) is 2. The number of nitrogens with zero attached hydrogens (tertiary/aromatic N) is 4.